The van der Waals surface area contributed by atoms with E-state index in [1.165, 1.54) is 218 Å². The highest BCUT2D eigenvalue weighted by Gasteiger charge is 2.19. The lowest BCUT2D eigenvalue weighted by Crippen LogP contribution is -2.30. The molecule has 0 spiro atoms. The molecule has 0 aliphatic carbocycles. The van der Waals surface area contributed by atoms with Crippen molar-refractivity contribution in [2.24, 2.45) is 0 Å². The van der Waals surface area contributed by atoms with E-state index in [9.17, 15) is 14.4 Å². The predicted octanol–water partition coefficient (Wildman–Crippen LogP) is 22.6. The summed E-state index contributed by atoms with van der Waals surface area (Å²) >= 11 is 0. The Morgan fingerprint density at radius 2 is 0.520 bits per heavy atom. The van der Waals surface area contributed by atoms with Crippen molar-refractivity contribution in [2.45, 2.75) is 361 Å². The Morgan fingerprint density at radius 1 is 0.280 bits per heavy atom. The van der Waals surface area contributed by atoms with E-state index in [2.05, 4.69) is 69.4 Å². The molecule has 1 unspecified atom stereocenters. The van der Waals surface area contributed by atoms with Crippen LogP contribution in [-0.2, 0) is 28.6 Å². The first-order chi connectivity index (χ1) is 37.0. The minimum atomic E-state index is -0.782. The van der Waals surface area contributed by atoms with Gasteiger partial charge in [0.1, 0.15) is 13.2 Å². The number of hydrogen-bond donors (Lipinski definition) is 0. The highest BCUT2D eigenvalue weighted by molar-refractivity contribution is 5.71. The molecule has 0 N–H and O–H groups in total. The number of carbonyl (C=O) groups excluding carboxylic acids is 3. The van der Waals surface area contributed by atoms with Crippen LogP contribution in [0.1, 0.15) is 355 Å². The third-order valence-corrected chi connectivity index (χ3v) is 14.8. The molecule has 1 atom stereocenters. The molecule has 0 heterocycles. The van der Waals surface area contributed by atoms with Gasteiger partial charge in [-0.05, 0) is 77.0 Å². The molecule has 0 radical (unpaired) electrons. The van der Waals surface area contributed by atoms with Gasteiger partial charge >= 0.3 is 17.9 Å². The largest absolute Gasteiger partial charge is 0.462 e. The molecule has 0 amide bonds. The van der Waals surface area contributed by atoms with E-state index in [-0.39, 0.29) is 31.1 Å². The lowest BCUT2D eigenvalue weighted by molar-refractivity contribution is -0.167. The summed E-state index contributed by atoms with van der Waals surface area (Å²) in [4.78, 5) is 38.3. The van der Waals surface area contributed by atoms with Crippen molar-refractivity contribution in [3.8, 4) is 0 Å². The monoisotopic (exact) mass is 1050 g/mol. The number of esters is 3. The Hall–Kier alpha value is -2.63. The van der Waals surface area contributed by atoms with E-state index in [1.807, 2.05) is 0 Å². The molecule has 0 saturated carbocycles. The third kappa shape index (κ3) is 62.1. The number of unbranched alkanes of at least 4 members (excludes halogenated alkanes) is 42. The SMILES string of the molecule is CC/C=C\C/C=C\C/C=C\CCCCCCCC(=O)OCC(COC(=O)CCCCCCCCCCCCCCCCCCCCCCCCCCC)OC(=O)CCCCCCCCC/C=C\CCCCCCCC. The van der Waals surface area contributed by atoms with Crippen molar-refractivity contribution in [3.63, 3.8) is 0 Å². The smallest absolute Gasteiger partial charge is 0.306 e. The number of rotatable bonds is 61. The molecule has 0 aromatic rings. The normalized spacial score (nSPS) is 12.3. The summed E-state index contributed by atoms with van der Waals surface area (Å²) in [6.07, 6.45) is 79.9. The summed E-state index contributed by atoms with van der Waals surface area (Å²) in [5.41, 5.74) is 0. The van der Waals surface area contributed by atoms with Gasteiger partial charge in [-0.2, -0.15) is 0 Å². The topological polar surface area (TPSA) is 78.9 Å². The van der Waals surface area contributed by atoms with Gasteiger partial charge in [0, 0.05) is 19.3 Å². The van der Waals surface area contributed by atoms with Gasteiger partial charge in [0.05, 0.1) is 0 Å². The second kappa shape index (κ2) is 63.9. The molecular formula is C69H126O6. The van der Waals surface area contributed by atoms with Crippen molar-refractivity contribution < 1.29 is 28.6 Å². The summed E-state index contributed by atoms with van der Waals surface area (Å²) in [7, 11) is 0. The van der Waals surface area contributed by atoms with E-state index in [0.29, 0.717) is 19.3 Å². The van der Waals surface area contributed by atoms with E-state index < -0.39 is 6.10 Å². The van der Waals surface area contributed by atoms with E-state index in [4.69, 9.17) is 14.2 Å². The molecular weight excluding hydrogens is 925 g/mol. The zero-order chi connectivity index (χ0) is 54.3. The second-order valence-electron chi connectivity index (χ2n) is 22.4. The third-order valence-electron chi connectivity index (χ3n) is 14.8. The quantitative estimate of drug-likeness (QED) is 0.0261. The van der Waals surface area contributed by atoms with Gasteiger partial charge in [-0.15, -0.1) is 0 Å². The standard InChI is InChI=1S/C69H126O6/c1-4-7-10-13-16-19-22-25-28-30-31-32-33-34-35-36-37-39-41-44-47-50-53-56-59-62-68(71)74-65-66(64-73-67(70)61-58-55-52-49-46-43-40-27-24-21-18-15-12-9-6-3)75-69(72)63-60-57-54-51-48-45-42-38-29-26-23-20-17-14-11-8-5-2/h9,12,18,21,26-27,29,40,66H,4-8,10-11,13-17,19-20,22-25,28,30-39,41-65H2,1-3H3/b12-9-,21-18-,29-26-,40-27-. The molecule has 0 aromatic carbocycles. The fourth-order valence-electron chi connectivity index (χ4n) is 9.87. The zero-order valence-electron chi connectivity index (χ0n) is 50.3. The van der Waals surface area contributed by atoms with Crippen LogP contribution in [0.15, 0.2) is 48.6 Å². The van der Waals surface area contributed by atoms with E-state index >= 15 is 0 Å². The Labute approximate surface area is 467 Å². The van der Waals surface area contributed by atoms with Crippen LogP contribution in [0.5, 0.6) is 0 Å². The van der Waals surface area contributed by atoms with Gasteiger partial charge in [-0.1, -0.05) is 307 Å². The van der Waals surface area contributed by atoms with Gasteiger partial charge in [-0.25, -0.2) is 0 Å². The first-order valence-electron chi connectivity index (χ1n) is 33.1. The van der Waals surface area contributed by atoms with Crippen LogP contribution in [0.4, 0.5) is 0 Å². The molecule has 0 saturated heterocycles. The molecule has 0 bridgehead atoms. The molecule has 6 heteroatoms. The van der Waals surface area contributed by atoms with Crippen LogP contribution in [0.2, 0.25) is 0 Å². The Bertz CT molecular complexity index is 1300. The van der Waals surface area contributed by atoms with Crippen molar-refractivity contribution in [1.29, 1.82) is 0 Å². The Balaban J connectivity index is 4.27. The van der Waals surface area contributed by atoms with Crippen LogP contribution in [-0.4, -0.2) is 37.2 Å². The van der Waals surface area contributed by atoms with Gasteiger partial charge in [0.2, 0.25) is 0 Å². The summed E-state index contributed by atoms with van der Waals surface area (Å²) in [6.45, 7) is 6.57. The molecule has 438 valence electrons. The Morgan fingerprint density at radius 3 is 0.827 bits per heavy atom. The molecule has 0 fully saturated rings. The first kappa shape index (κ1) is 72.4. The number of ether oxygens (including phenoxy) is 3. The molecule has 0 aromatic heterocycles. The maximum atomic E-state index is 12.9. The lowest BCUT2D eigenvalue weighted by Gasteiger charge is -2.18. The van der Waals surface area contributed by atoms with Crippen LogP contribution in [0.3, 0.4) is 0 Å². The number of carbonyl (C=O) groups is 3. The van der Waals surface area contributed by atoms with Gasteiger partial charge in [0.15, 0.2) is 6.10 Å². The average molecular weight is 1050 g/mol. The van der Waals surface area contributed by atoms with Crippen LogP contribution < -0.4 is 0 Å². The lowest BCUT2D eigenvalue weighted by atomic mass is 10.0. The molecule has 0 aliphatic rings. The van der Waals surface area contributed by atoms with Gasteiger partial charge in [0.25, 0.3) is 0 Å². The fourth-order valence-corrected chi connectivity index (χ4v) is 9.87. The summed E-state index contributed by atoms with van der Waals surface area (Å²) in [6, 6.07) is 0. The zero-order valence-corrected chi connectivity index (χ0v) is 50.3. The van der Waals surface area contributed by atoms with Crippen LogP contribution in [0.25, 0.3) is 0 Å². The second-order valence-corrected chi connectivity index (χ2v) is 22.4. The van der Waals surface area contributed by atoms with Crippen molar-refractivity contribution in [3.05, 3.63) is 48.6 Å². The van der Waals surface area contributed by atoms with Crippen molar-refractivity contribution >= 4 is 17.9 Å². The van der Waals surface area contributed by atoms with Gasteiger partial charge in [-0.3, -0.25) is 14.4 Å². The van der Waals surface area contributed by atoms with Crippen LogP contribution >= 0.6 is 0 Å². The maximum Gasteiger partial charge on any atom is 0.306 e. The number of hydrogen-bond acceptors (Lipinski definition) is 6. The van der Waals surface area contributed by atoms with Crippen LogP contribution in [0, 0.1) is 0 Å². The number of allylic oxidation sites excluding steroid dienone is 8. The molecule has 6 nitrogen and oxygen atoms in total. The first-order valence-corrected chi connectivity index (χ1v) is 33.1. The minimum Gasteiger partial charge on any atom is -0.462 e. The molecule has 0 aliphatic heterocycles. The fraction of sp³-hybridized carbons (Fsp3) is 0.841. The average Bonchev–Trinajstić information content (AvgIpc) is 3.41. The van der Waals surface area contributed by atoms with E-state index in [1.54, 1.807) is 0 Å². The van der Waals surface area contributed by atoms with Crippen molar-refractivity contribution in [1.82, 2.24) is 0 Å². The van der Waals surface area contributed by atoms with Gasteiger partial charge < -0.3 is 14.2 Å². The molecule has 0 rings (SSSR count). The van der Waals surface area contributed by atoms with E-state index in [0.717, 1.165) is 96.3 Å². The summed E-state index contributed by atoms with van der Waals surface area (Å²) < 4.78 is 16.9. The molecule has 75 heavy (non-hydrogen) atoms. The highest BCUT2D eigenvalue weighted by atomic mass is 16.6. The Kier molecular flexibility index (Phi) is 61.7. The summed E-state index contributed by atoms with van der Waals surface area (Å²) in [5, 5.41) is 0. The minimum absolute atomic E-state index is 0.0768. The summed E-state index contributed by atoms with van der Waals surface area (Å²) in [5.74, 6) is -0.877. The maximum absolute atomic E-state index is 12.9. The highest BCUT2D eigenvalue weighted by Crippen LogP contribution is 2.18. The predicted molar refractivity (Wildman–Crippen MR) is 325 cm³/mol. The van der Waals surface area contributed by atoms with Crippen molar-refractivity contribution in [2.75, 3.05) is 13.2 Å².